The van der Waals surface area contributed by atoms with Gasteiger partial charge in [-0.3, -0.25) is 5.32 Å². The third-order valence-corrected chi connectivity index (χ3v) is 4.27. The maximum absolute atomic E-state index is 6.11. The van der Waals surface area contributed by atoms with Crippen molar-refractivity contribution in [1.29, 1.82) is 0 Å². The number of hydrogen-bond acceptors (Lipinski definition) is 3. The van der Waals surface area contributed by atoms with Gasteiger partial charge >= 0.3 is 0 Å². The Bertz CT molecular complexity index is 207. The van der Waals surface area contributed by atoms with Gasteiger partial charge in [-0.05, 0) is 25.9 Å². The first-order chi connectivity index (χ1) is 6.83. The summed E-state index contributed by atoms with van der Waals surface area (Å²) in [5.74, 6) is 0. The second-order valence-corrected chi connectivity index (χ2v) is 5.24. The fourth-order valence-electron chi connectivity index (χ4n) is 2.89. The summed E-state index contributed by atoms with van der Waals surface area (Å²) in [6.45, 7) is 4.38. The molecule has 0 amide bonds. The molecule has 2 spiro atoms. The first-order valence-electron chi connectivity index (χ1n) is 5.92. The summed E-state index contributed by atoms with van der Waals surface area (Å²) in [7, 11) is 0. The number of piperidine rings is 1. The van der Waals surface area contributed by atoms with Crippen LogP contribution in [0.2, 0.25) is 0 Å². The monoisotopic (exact) mass is 196 g/mol. The molecule has 2 heterocycles. The lowest BCUT2D eigenvalue weighted by atomic mass is 9.68. The van der Waals surface area contributed by atoms with Crippen molar-refractivity contribution >= 4 is 0 Å². The largest absolute Gasteiger partial charge is 0.360 e. The lowest BCUT2D eigenvalue weighted by molar-refractivity contribution is -0.175. The molecule has 1 aliphatic carbocycles. The fourth-order valence-corrected chi connectivity index (χ4v) is 2.89. The molecule has 3 rings (SSSR count). The quantitative estimate of drug-likeness (QED) is 0.603. The Kier molecular flexibility index (Phi) is 2.08. The molecule has 2 N–H and O–H groups in total. The zero-order valence-corrected chi connectivity index (χ0v) is 8.77. The molecule has 2 aliphatic heterocycles. The summed E-state index contributed by atoms with van der Waals surface area (Å²) in [5, 5.41) is 7.05. The summed E-state index contributed by atoms with van der Waals surface area (Å²) in [6, 6.07) is 0. The van der Waals surface area contributed by atoms with Crippen LogP contribution in [-0.4, -0.2) is 32.0 Å². The van der Waals surface area contributed by atoms with Gasteiger partial charge < -0.3 is 10.1 Å². The molecule has 3 heteroatoms. The van der Waals surface area contributed by atoms with Gasteiger partial charge in [0.1, 0.15) is 5.72 Å². The number of rotatable bonds is 0. The molecular formula is C11H20N2O. The molecule has 3 nitrogen and oxygen atoms in total. The second kappa shape index (κ2) is 3.19. The Morgan fingerprint density at radius 2 is 1.79 bits per heavy atom. The average molecular weight is 196 g/mol. The van der Waals surface area contributed by atoms with E-state index in [0.717, 1.165) is 32.5 Å². The van der Waals surface area contributed by atoms with E-state index in [1.807, 2.05) is 0 Å². The molecule has 0 radical (unpaired) electrons. The molecule has 14 heavy (non-hydrogen) atoms. The van der Waals surface area contributed by atoms with Crippen LogP contribution >= 0.6 is 0 Å². The van der Waals surface area contributed by atoms with E-state index in [9.17, 15) is 0 Å². The molecule has 2 saturated heterocycles. The summed E-state index contributed by atoms with van der Waals surface area (Å²) >= 11 is 0. The van der Waals surface area contributed by atoms with Crippen molar-refractivity contribution in [2.24, 2.45) is 5.41 Å². The van der Waals surface area contributed by atoms with Gasteiger partial charge in [0.15, 0.2) is 0 Å². The van der Waals surface area contributed by atoms with Crippen molar-refractivity contribution < 1.29 is 4.74 Å². The highest BCUT2D eigenvalue weighted by Gasteiger charge is 2.46. The maximum Gasteiger partial charge on any atom is 0.121 e. The smallest absolute Gasteiger partial charge is 0.121 e. The van der Waals surface area contributed by atoms with Crippen molar-refractivity contribution in [1.82, 2.24) is 10.6 Å². The van der Waals surface area contributed by atoms with E-state index in [1.54, 1.807) is 0 Å². The number of nitrogens with one attached hydrogen (secondary N) is 2. The van der Waals surface area contributed by atoms with Crippen LogP contribution in [0, 0.1) is 5.41 Å². The first kappa shape index (κ1) is 9.13. The predicted octanol–water partition coefficient (Wildman–Crippen LogP) is 0.856. The molecule has 0 aromatic carbocycles. The van der Waals surface area contributed by atoms with Gasteiger partial charge in [-0.15, -0.1) is 0 Å². The minimum absolute atomic E-state index is 0.0338. The van der Waals surface area contributed by atoms with Crippen LogP contribution in [0.3, 0.4) is 0 Å². The zero-order valence-electron chi connectivity index (χ0n) is 8.77. The molecular weight excluding hydrogens is 176 g/mol. The van der Waals surface area contributed by atoms with Crippen molar-refractivity contribution in [3.8, 4) is 0 Å². The molecule has 3 fully saturated rings. The van der Waals surface area contributed by atoms with Crippen LogP contribution in [0.25, 0.3) is 0 Å². The van der Waals surface area contributed by atoms with Gasteiger partial charge in [0.25, 0.3) is 0 Å². The molecule has 0 bridgehead atoms. The lowest BCUT2D eigenvalue weighted by Gasteiger charge is -2.52. The molecule has 1 saturated carbocycles. The maximum atomic E-state index is 6.11. The van der Waals surface area contributed by atoms with E-state index >= 15 is 0 Å². The van der Waals surface area contributed by atoms with E-state index in [0.29, 0.717) is 5.41 Å². The molecule has 3 aliphatic rings. The summed E-state index contributed by atoms with van der Waals surface area (Å²) in [4.78, 5) is 0. The van der Waals surface area contributed by atoms with Crippen LogP contribution in [0.4, 0.5) is 0 Å². The Morgan fingerprint density at radius 1 is 1.00 bits per heavy atom. The van der Waals surface area contributed by atoms with Gasteiger partial charge in [0.2, 0.25) is 0 Å². The summed E-state index contributed by atoms with van der Waals surface area (Å²) < 4.78 is 6.11. The van der Waals surface area contributed by atoms with Crippen LogP contribution in [-0.2, 0) is 4.74 Å². The predicted molar refractivity (Wildman–Crippen MR) is 55.1 cm³/mol. The van der Waals surface area contributed by atoms with Gasteiger partial charge in [-0.2, -0.15) is 0 Å². The third-order valence-electron chi connectivity index (χ3n) is 4.27. The van der Waals surface area contributed by atoms with Gasteiger partial charge in [0.05, 0.1) is 6.61 Å². The Hall–Kier alpha value is -0.120. The Morgan fingerprint density at radius 3 is 2.29 bits per heavy atom. The normalized spacial score (nSPS) is 34.3. The van der Waals surface area contributed by atoms with Crippen molar-refractivity contribution in [2.45, 2.75) is 37.8 Å². The third kappa shape index (κ3) is 1.38. The van der Waals surface area contributed by atoms with Crippen LogP contribution in [0.1, 0.15) is 32.1 Å². The Labute approximate surface area is 85.6 Å². The Balaban J connectivity index is 1.63. The van der Waals surface area contributed by atoms with Crippen LogP contribution in [0.5, 0.6) is 0 Å². The van der Waals surface area contributed by atoms with Crippen LogP contribution < -0.4 is 10.6 Å². The molecule has 0 atom stereocenters. The molecule has 0 aromatic heterocycles. The highest BCUT2D eigenvalue weighted by Crippen LogP contribution is 2.44. The van der Waals surface area contributed by atoms with Crippen molar-refractivity contribution in [3.63, 3.8) is 0 Å². The van der Waals surface area contributed by atoms with Crippen molar-refractivity contribution in [3.05, 3.63) is 0 Å². The number of hydrogen-bond donors (Lipinski definition) is 2. The van der Waals surface area contributed by atoms with Crippen LogP contribution in [0.15, 0.2) is 0 Å². The molecule has 0 aromatic rings. The second-order valence-electron chi connectivity index (χ2n) is 5.24. The standard InChI is InChI=1S/C11H20N2O/c1-2-10(3-1)8-13-11(14-9-10)4-6-12-7-5-11/h12-13H,1-9H2. The van der Waals surface area contributed by atoms with E-state index in [1.165, 1.54) is 25.8 Å². The van der Waals surface area contributed by atoms with E-state index in [2.05, 4.69) is 10.6 Å². The van der Waals surface area contributed by atoms with E-state index < -0.39 is 0 Å². The molecule has 0 unspecified atom stereocenters. The van der Waals surface area contributed by atoms with Crippen molar-refractivity contribution in [2.75, 3.05) is 26.2 Å². The number of ether oxygens (including phenoxy) is 1. The minimum Gasteiger partial charge on any atom is -0.360 e. The highest BCUT2D eigenvalue weighted by atomic mass is 16.5. The topological polar surface area (TPSA) is 33.3 Å². The fraction of sp³-hybridized carbons (Fsp3) is 1.00. The minimum atomic E-state index is 0.0338. The van der Waals surface area contributed by atoms with E-state index in [4.69, 9.17) is 4.74 Å². The lowest BCUT2D eigenvalue weighted by Crippen LogP contribution is -2.63. The first-order valence-corrected chi connectivity index (χ1v) is 5.92. The van der Waals surface area contributed by atoms with E-state index in [-0.39, 0.29) is 5.72 Å². The van der Waals surface area contributed by atoms with Gasteiger partial charge in [-0.1, -0.05) is 6.42 Å². The summed E-state index contributed by atoms with van der Waals surface area (Å²) in [5.41, 5.74) is 0.558. The van der Waals surface area contributed by atoms with Gasteiger partial charge in [0, 0.05) is 24.8 Å². The highest BCUT2D eigenvalue weighted by molar-refractivity contribution is 4.97. The average Bonchev–Trinajstić information content (AvgIpc) is 2.18. The van der Waals surface area contributed by atoms with Gasteiger partial charge in [-0.25, -0.2) is 0 Å². The zero-order chi connectivity index (χ0) is 9.49. The summed E-state index contributed by atoms with van der Waals surface area (Å²) in [6.07, 6.45) is 6.40. The molecule has 80 valence electrons. The SMILES string of the molecule is C1CC2(C1)CNC1(CCNCC1)OC2.